The van der Waals surface area contributed by atoms with Crippen molar-refractivity contribution in [1.82, 2.24) is 10.2 Å². The molecule has 176 valence electrons. The zero-order valence-electron chi connectivity index (χ0n) is 20.0. The Labute approximate surface area is 197 Å². The van der Waals surface area contributed by atoms with Gasteiger partial charge in [0, 0.05) is 61.8 Å². The Kier molecular flexibility index (Phi) is 6.56. The van der Waals surface area contributed by atoms with Gasteiger partial charge in [0.15, 0.2) is 0 Å². The summed E-state index contributed by atoms with van der Waals surface area (Å²) in [5.74, 6) is 0.0206. The molecule has 1 N–H and O–H groups in total. The van der Waals surface area contributed by atoms with Crippen LogP contribution in [0.25, 0.3) is 0 Å². The molecule has 3 aliphatic rings. The largest absolute Gasteiger partial charge is 0.378 e. The number of rotatable bonds is 4. The van der Waals surface area contributed by atoms with E-state index in [0.29, 0.717) is 0 Å². The molecule has 2 aromatic rings. The molecule has 1 atom stereocenters. The maximum atomic E-state index is 13.3. The van der Waals surface area contributed by atoms with Crippen LogP contribution >= 0.6 is 0 Å². The van der Waals surface area contributed by atoms with Gasteiger partial charge in [0.25, 0.3) is 5.91 Å². The summed E-state index contributed by atoms with van der Waals surface area (Å²) in [4.78, 5) is 20.5. The van der Waals surface area contributed by atoms with Crippen LogP contribution in [-0.4, -0.2) is 70.3 Å². The van der Waals surface area contributed by atoms with Gasteiger partial charge >= 0.3 is 0 Å². The molecule has 2 aliphatic heterocycles. The second-order valence-electron chi connectivity index (χ2n) is 9.65. The first-order valence-corrected chi connectivity index (χ1v) is 12.4. The van der Waals surface area contributed by atoms with E-state index in [0.717, 1.165) is 83.0 Å². The molecular formula is C27H36N4O2. The molecule has 0 bridgehead atoms. The number of likely N-dealkylation sites (N-methyl/N-ethyl adjacent to an activating group) is 1. The first-order valence-electron chi connectivity index (χ1n) is 12.4. The third-order valence-corrected chi connectivity index (χ3v) is 7.49. The Morgan fingerprint density at radius 1 is 0.939 bits per heavy atom. The predicted molar refractivity (Wildman–Crippen MR) is 134 cm³/mol. The molecule has 0 radical (unpaired) electrons. The second kappa shape index (κ2) is 9.74. The van der Waals surface area contributed by atoms with Crippen molar-refractivity contribution in [3.8, 4) is 0 Å². The zero-order valence-corrected chi connectivity index (χ0v) is 20.0. The van der Waals surface area contributed by atoms with E-state index in [2.05, 4.69) is 58.3 Å². The molecule has 2 aromatic carbocycles. The third kappa shape index (κ3) is 4.73. The summed E-state index contributed by atoms with van der Waals surface area (Å²) in [5.41, 5.74) is 7.33. The van der Waals surface area contributed by atoms with Crippen LogP contribution in [0.2, 0.25) is 0 Å². The molecule has 0 saturated carbocycles. The Morgan fingerprint density at radius 3 is 2.39 bits per heavy atom. The van der Waals surface area contributed by atoms with Crippen molar-refractivity contribution in [3.63, 3.8) is 0 Å². The number of fused-ring (bicyclic) bond motifs is 1. The number of piperazine rings is 1. The molecule has 2 saturated heterocycles. The number of hydrogen-bond donors (Lipinski definition) is 1. The van der Waals surface area contributed by atoms with Gasteiger partial charge in [-0.3, -0.25) is 4.79 Å². The monoisotopic (exact) mass is 448 g/mol. The molecule has 1 amide bonds. The number of ether oxygens (including phenoxy) is 1. The molecule has 5 rings (SSSR count). The van der Waals surface area contributed by atoms with Gasteiger partial charge in [0.2, 0.25) is 0 Å². The number of carbonyl (C=O) groups excluding carboxylic acids is 1. The van der Waals surface area contributed by atoms with Crippen molar-refractivity contribution in [1.29, 1.82) is 0 Å². The molecule has 1 aliphatic carbocycles. The molecule has 0 aromatic heterocycles. The third-order valence-electron chi connectivity index (χ3n) is 7.49. The first-order chi connectivity index (χ1) is 16.1. The lowest BCUT2D eigenvalue weighted by Crippen LogP contribution is -2.45. The number of hydrogen-bond acceptors (Lipinski definition) is 5. The lowest BCUT2D eigenvalue weighted by atomic mass is 9.83. The number of benzene rings is 2. The summed E-state index contributed by atoms with van der Waals surface area (Å²) in [6.07, 6.45) is 3.21. The van der Waals surface area contributed by atoms with Gasteiger partial charge in [-0.2, -0.15) is 0 Å². The smallest absolute Gasteiger partial charge is 0.251 e. The fourth-order valence-electron chi connectivity index (χ4n) is 5.46. The number of aryl methyl sites for hydroxylation is 1. The Balaban J connectivity index is 1.36. The van der Waals surface area contributed by atoms with Gasteiger partial charge in [0.05, 0.1) is 19.3 Å². The summed E-state index contributed by atoms with van der Waals surface area (Å²) < 4.78 is 5.45. The maximum absolute atomic E-state index is 13.3. The van der Waals surface area contributed by atoms with Gasteiger partial charge in [-0.25, -0.2) is 0 Å². The van der Waals surface area contributed by atoms with E-state index in [1.165, 1.54) is 22.4 Å². The van der Waals surface area contributed by atoms with Gasteiger partial charge in [-0.05, 0) is 74.7 Å². The van der Waals surface area contributed by atoms with E-state index >= 15 is 0 Å². The molecule has 0 spiro atoms. The van der Waals surface area contributed by atoms with Gasteiger partial charge in [0.1, 0.15) is 0 Å². The number of morpholine rings is 1. The summed E-state index contributed by atoms with van der Waals surface area (Å²) in [5, 5.41) is 3.40. The topological polar surface area (TPSA) is 48.0 Å². The maximum Gasteiger partial charge on any atom is 0.251 e. The van der Waals surface area contributed by atoms with E-state index in [4.69, 9.17) is 4.74 Å². The van der Waals surface area contributed by atoms with E-state index < -0.39 is 0 Å². The Bertz CT molecular complexity index is 976. The predicted octanol–water partition coefficient (Wildman–Crippen LogP) is 3.39. The van der Waals surface area contributed by atoms with Crippen molar-refractivity contribution in [3.05, 3.63) is 58.7 Å². The van der Waals surface area contributed by atoms with Gasteiger partial charge in [-0.1, -0.05) is 6.07 Å². The molecule has 33 heavy (non-hydrogen) atoms. The average Bonchev–Trinajstić information content (AvgIpc) is 2.86. The number of amides is 1. The van der Waals surface area contributed by atoms with E-state index in [1.54, 1.807) is 0 Å². The Hall–Kier alpha value is -2.57. The van der Waals surface area contributed by atoms with Crippen molar-refractivity contribution in [2.45, 2.75) is 32.2 Å². The highest BCUT2D eigenvalue weighted by molar-refractivity contribution is 5.95. The highest BCUT2D eigenvalue weighted by atomic mass is 16.5. The minimum absolute atomic E-state index is 0.0206. The van der Waals surface area contributed by atoms with Crippen molar-refractivity contribution < 1.29 is 9.53 Å². The number of anilines is 2. The van der Waals surface area contributed by atoms with Crippen LogP contribution < -0.4 is 15.1 Å². The number of nitrogens with one attached hydrogen (secondary N) is 1. The van der Waals surface area contributed by atoms with Crippen LogP contribution in [0.1, 0.15) is 45.9 Å². The van der Waals surface area contributed by atoms with Crippen molar-refractivity contribution in [2.75, 3.05) is 69.3 Å². The average molecular weight is 449 g/mol. The standard InChI is InChI=1S/C27H36N4O2/c1-20-6-11-25(31-14-12-29(2)13-15-31)26-23(20)4-3-5-24(26)28-27(32)21-7-9-22(10-8-21)30-16-18-33-19-17-30/h6-11,24H,3-5,12-19H2,1-2H3,(H,28,32)/t24-/m1/s1. The van der Waals surface area contributed by atoms with Crippen LogP contribution in [0, 0.1) is 6.92 Å². The normalized spacial score (nSPS) is 21.6. The molecule has 6 heteroatoms. The molecule has 0 unspecified atom stereocenters. The molecule has 2 heterocycles. The quantitative estimate of drug-likeness (QED) is 0.777. The number of carbonyl (C=O) groups is 1. The van der Waals surface area contributed by atoms with Crippen LogP contribution in [0.5, 0.6) is 0 Å². The highest BCUT2D eigenvalue weighted by Crippen LogP contribution is 2.39. The summed E-state index contributed by atoms with van der Waals surface area (Å²) in [6.45, 7) is 9.77. The summed E-state index contributed by atoms with van der Waals surface area (Å²) >= 11 is 0. The van der Waals surface area contributed by atoms with Crippen LogP contribution in [0.15, 0.2) is 36.4 Å². The molecular weight excluding hydrogens is 412 g/mol. The second-order valence-corrected chi connectivity index (χ2v) is 9.65. The van der Waals surface area contributed by atoms with Crippen LogP contribution in [0.4, 0.5) is 11.4 Å². The van der Waals surface area contributed by atoms with Crippen molar-refractivity contribution in [2.24, 2.45) is 0 Å². The molecule has 2 fully saturated rings. The van der Waals surface area contributed by atoms with E-state index in [1.807, 2.05) is 12.1 Å². The van der Waals surface area contributed by atoms with Crippen LogP contribution in [0.3, 0.4) is 0 Å². The zero-order chi connectivity index (χ0) is 22.8. The van der Waals surface area contributed by atoms with E-state index in [9.17, 15) is 4.79 Å². The lowest BCUT2D eigenvalue weighted by Gasteiger charge is -2.38. The summed E-state index contributed by atoms with van der Waals surface area (Å²) in [7, 11) is 2.19. The minimum atomic E-state index is 0.0206. The van der Waals surface area contributed by atoms with Crippen molar-refractivity contribution >= 4 is 17.3 Å². The molecule has 6 nitrogen and oxygen atoms in total. The van der Waals surface area contributed by atoms with Gasteiger partial charge < -0.3 is 24.8 Å². The lowest BCUT2D eigenvalue weighted by molar-refractivity contribution is 0.0932. The Morgan fingerprint density at radius 2 is 1.67 bits per heavy atom. The first kappa shape index (κ1) is 22.2. The SMILES string of the molecule is Cc1ccc(N2CCN(C)CC2)c2c1CCC[C@H]2NC(=O)c1ccc(N2CCOCC2)cc1. The van der Waals surface area contributed by atoms with Gasteiger partial charge in [-0.15, -0.1) is 0 Å². The minimum Gasteiger partial charge on any atom is -0.378 e. The summed E-state index contributed by atoms with van der Waals surface area (Å²) in [6, 6.07) is 12.7. The van der Waals surface area contributed by atoms with Crippen LogP contribution in [-0.2, 0) is 11.2 Å². The number of nitrogens with zero attached hydrogens (tertiary/aromatic N) is 3. The highest BCUT2D eigenvalue weighted by Gasteiger charge is 2.29. The fraction of sp³-hybridized carbons (Fsp3) is 0.519. The fourth-order valence-corrected chi connectivity index (χ4v) is 5.46. The van der Waals surface area contributed by atoms with E-state index in [-0.39, 0.29) is 11.9 Å².